The lowest BCUT2D eigenvalue weighted by Crippen LogP contribution is -1.91. The first-order valence-corrected chi connectivity index (χ1v) is 3.12. The van der Waals surface area contributed by atoms with Gasteiger partial charge in [0.1, 0.15) is 0 Å². The number of nitrogens with two attached hydrogens (primary N) is 1. The van der Waals surface area contributed by atoms with Crippen molar-refractivity contribution in [2.24, 2.45) is 0 Å². The second-order valence-corrected chi connectivity index (χ2v) is 1.98. The Hall–Kier alpha value is -0.470. The Labute approximate surface area is 70.8 Å². The molecule has 0 fully saturated rings. The third-order valence-corrected chi connectivity index (χ3v) is 1.37. The molecule has 10 heavy (non-hydrogen) atoms. The molecule has 0 unspecified atom stereocenters. The molecular formula is C6H8Cl2N2. The van der Waals surface area contributed by atoms with Gasteiger partial charge < -0.3 is 5.73 Å². The Bertz CT molecular complexity index is 203. The first-order valence-electron chi connectivity index (χ1n) is 2.59. The van der Waals surface area contributed by atoms with E-state index in [2.05, 4.69) is 4.98 Å². The third-order valence-electron chi connectivity index (χ3n) is 1.09. The minimum Gasteiger partial charge on any atom is -0.398 e. The minimum atomic E-state index is 0. The number of aromatic nitrogens is 1. The molecule has 2 N–H and O–H groups in total. The van der Waals surface area contributed by atoms with Gasteiger partial charge in [-0.3, -0.25) is 4.98 Å². The summed E-state index contributed by atoms with van der Waals surface area (Å²) >= 11 is 5.51. The predicted octanol–water partition coefficient (Wildman–Crippen LogP) is 1.82. The summed E-state index contributed by atoms with van der Waals surface area (Å²) in [5.74, 6) is 0.430. The number of anilines is 1. The SMILES string of the molecule is Cl.Nc1ccncc1CCl. The lowest BCUT2D eigenvalue weighted by molar-refractivity contribution is 1.25. The Morgan fingerprint density at radius 1 is 1.60 bits per heavy atom. The van der Waals surface area contributed by atoms with Crippen LogP contribution in [0.15, 0.2) is 18.5 Å². The van der Waals surface area contributed by atoms with Crippen LogP contribution in [0.2, 0.25) is 0 Å². The second kappa shape index (κ2) is 4.36. The van der Waals surface area contributed by atoms with Crippen molar-refractivity contribution in [2.45, 2.75) is 5.88 Å². The molecule has 0 aliphatic rings. The normalized spacial score (nSPS) is 8.50. The molecule has 1 aromatic rings. The maximum Gasteiger partial charge on any atom is 0.0509 e. The van der Waals surface area contributed by atoms with E-state index in [1.165, 1.54) is 0 Å². The third kappa shape index (κ3) is 2.05. The number of hydrogen-bond acceptors (Lipinski definition) is 2. The van der Waals surface area contributed by atoms with E-state index in [0.717, 1.165) is 5.56 Å². The molecular weight excluding hydrogens is 171 g/mol. The second-order valence-electron chi connectivity index (χ2n) is 1.71. The Kier molecular flexibility index (Phi) is 4.16. The molecule has 0 saturated heterocycles. The predicted molar refractivity (Wildman–Crippen MR) is 45.5 cm³/mol. The van der Waals surface area contributed by atoms with Crippen LogP contribution in [0.3, 0.4) is 0 Å². The van der Waals surface area contributed by atoms with E-state index in [4.69, 9.17) is 17.3 Å². The van der Waals surface area contributed by atoms with Crippen molar-refractivity contribution in [3.05, 3.63) is 24.0 Å². The van der Waals surface area contributed by atoms with E-state index < -0.39 is 0 Å². The Morgan fingerprint density at radius 3 is 2.70 bits per heavy atom. The minimum absolute atomic E-state index is 0. The van der Waals surface area contributed by atoms with Gasteiger partial charge in [-0.15, -0.1) is 24.0 Å². The van der Waals surface area contributed by atoms with E-state index >= 15 is 0 Å². The average molecular weight is 179 g/mol. The smallest absolute Gasteiger partial charge is 0.0509 e. The molecule has 0 amide bonds. The summed E-state index contributed by atoms with van der Waals surface area (Å²) in [5.41, 5.74) is 7.10. The summed E-state index contributed by atoms with van der Waals surface area (Å²) in [6, 6.07) is 1.73. The lowest BCUT2D eigenvalue weighted by Gasteiger charge is -1.96. The molecule has 0 radical (unpaired) electrons. The van der Waals surface area contributed by atoms with Gasteiger partial charge in [-0.05, 0) is 6.07 Å². The van der Waals surface area contributed by atoms with Crippen LogP contribution in [0.4, 0.5) is 5.69 Å². The van der Waals surface area contributed by atoms with Crippen LogP contribution in [-0.2, 0) is 5.88 Å². The van der Waals surface area contributed by atoms with Crippen molar-refractivity contribution in [1.82, 2.24) is 4.98 Å². The van der Waals surface area contributed by atoms with E-state index in [0.29, 0.717) is 11.6 Å². The van der Waals surface area contributed by atoms with Gasteiger partial charge in [-0.1, -0.05) is 0 Å². The van der Waals surface area contributed by atoms with Crippen molar-refractivity contribution in [1.29, 1.82) is 0 Å². The van der Waals surface area contributed by atoms with Gasteiger partial charge in [0.25, 0.3) is 0 Å². The Morgan fingerprint density at radius 2 is 2.30 bits per heavy atom. The maximum atomic E-state index is 5.51. The quantitative estimate of drug-likeness (QED) is 0.667. The molecule has 1 rings (SSSR count). The first kappa shape index (κ1) is 9.53. The van der Waals surface area contributed by atoms with Crippen LogP contribution in [0.5, 0.6) is 0 Å². The highest BCUT2D eigenvalue weighted by Gasteiger charge is 1.92. The highest BCUT2D eigenvalue weighted by atomic mass is 35.5. The lowest BCUT2D eigenvalue weighted by atomic mass is 10.3. The topological polar surface area (TPSA) is 38.9 Å². The number of nitrogen functional groups attached to an aromatic ring is 1. The summed E-state index contributed by atoms with van der Waals surface area (Å²) in [6.45, 7) is 0. The van der Waals surface area contributed by atoms with E-state index in [-0.39, 0.29) is 12.4 Å². The number of rotatable bonds is 1. The molecule has 4 heteroatoms. The van der Waals surface area contributed by atoms with Gasteiger partial charge in [-0.25, -0.2) is 0 Å². The van der Waals surface area contributed by atoms with Gasteiger partial charge in [0.2, 0.25) is 0 Å². The zero-order chi connectivity index (χ0) is 6.69. The number of nitrogens with zero attached hydrogens (tertiary/aromatic N) is 1. The molecule has 0 aromatic carbocycles. The summed E-state index contributed by atoms with van der Waals surface area (Å²) in [6.07, 6.45) is 3.31. The molecule has 1 heterocycles. The van der Waals surface area contributed by atoms with Crippen molar-refractivity contribution >= 4 is 29.7 Å². The van der Waals surface area contributed by atoms with Crippen LogP contribution in [0.1, 0.15) is 5.56 Å². The fourth-order valence-electron chi connectivity index (χ4n) is 0.550. The van der Waals surface area contributed by atoms with Crippen molar-refractivity contribution in [2.75, 3.05) is 5.73 Å². The van der Waals surface area contributed by atoms with Gasteiger partial charge >= 0.3 is 0 Å². The zero-order valence-electron chi connectivity index (χ0n) is 5.25. The van der Waals surface area contributed by atoms with Gasteiger partial charge in [0, 0.05) is 23.6 Å². The van der Waals surface area contributed by atoms with Crippen LogP contribution >= 0.6 is 24.0 Å². The van der Waals surface area contributed by atoms with Crippen LogP contribution in [0, 0.1) is 0 Å². The van der Waals surface area contributed by atoms with Gasteiger partial charge in [-0.2, -0.15) is 0 Å². The van der Waals surface area contributed by atoms with Crippen molar-refractivity contribution in [3.63, 3.8) is 0 Å². The zero-order valence-corrected chi connectivity index (χ0v) is 6.82. The largest absolute Gasteiger partial charge is 0.398 e. The van der Waals surface area contributed by atoms with E-state index in [1.54, 1.807) is 18.5 Å². The van der Waals surface area contributed by atoms with Crippen molar-refractivity contribution < 1.29 is 0 Å². The first-order chi connectivity index (χ1) is 4.34. The maximum absolute atomic E-state index is 5.51. The molecule has 2 nitrogen and oxygen atoms in total. The molecule has 0 bridgehead atoms. The molecule has 0 aliphatic heterocycles. The molecule has 56 valence electrons. The average Bonchev–Trinajstić information content (AvgIpc) is 1.89. The van der Waals surface area contributed by atoms with Gasteiger partial charge in [0.05, 0.1) is 5.88 Å². The van der Waals surface area contributed by atoms with Gasteiger partial charge in [0.15, 0.2) is 0 Å². The van der Waals surface area contributed by atoms with Crippen LogP contribution in [-0.4, -0.2) is 4.98 Å². The Balaban J connectivity index is 0.000000810. The van der Waals surface area contributed by atoms with Crippen LogP contribution < -0.4 is 5.73 Å². The number of pyridine rings is 1. The summed E-state index contributed by atoms with van der Waals surface area (Å²) in [5, 5.41) is 0. The molecule has 0 atom stereocenters. The highest BCUT2D eigenvalue weighted by molar-refractivity contribution is 6.17. The fourth-order valence-corrected chi connectivity index (χ4v) is 0.773. The molecule has 0 spiro atoms. The van der Waals surface area contributed by atoms with E-state index in [1.807, 2.05) is 0 Å². The molecule has 0 aliphatic carbocycles. The summed E-state index contributed by atoms with van der Waals surface area (Å²) in [4.78, 5) is 3.85. The molecule has 1 aromatic heterocycles. The standard InChI is InChI=1S/C6H7ClN2.ClH/c7-3-5-4-9-2-1-6(5)8;/h1-2,4H,3H2,(H2,8,9);1H. The number of halogens is 2. The highest BCUT2D eigenvalue weighted by Crippen LogP contribution is 2.10. The fraction of sp³-hybridized carbons (Fsp3) is 0.167. The monoisotopic (exact) mass is 178 g/mol. The van der Waals surface area contributed by atoms with E-state index in [9.17, 15) is 0 Å². The summed E-state index contributed by atoms with van der Waals surface area (Å²) < 4.78 is 0. The number of alkyl halides is 1. The van der Waals surface area contributed by atoms with Crippen LogP contribution in [0.25, 0.3) is 0 Å². The molecule has 0 saturated carbocycles. The summed E-state index contributed by atoms with van der Waals surface area (Å²) in [7, 11) is 0. The number of hydrogen-bond donors (Lipinski definition) is 1. The van der Waals surface area contributed by atoms with Crippen molar-refractivity contribution in [3.8, 4) is 0 Å².